The maximum absolute atomic E-state index is 11.5. The van der Waals surface area contributed by atoms with Crippen LogP contribution >= 0.6 is 11.8 Å². The molecule has 0 saturated heterocycles. The molecule has 4 nitrogen and oxygen atoms in total. The zero-order chi connectivity index (χ0) is 12.2. The fourth-order valence-corrected chi connectivity index (χ4v) is 1.21. The quantitative estimate of drug-likeness (QED) is 0.449. The number of aromatic nitrogens is 2. The Hall–Kier alpha value is -1.23. The van der Waals surface area contributed by atoms with Crippen molar-refractivity contribution in [2.45, 2.75) is 25.9 Å². The minimum absolute atomic E-state index is 0.156. The van der Waals surface area contributed by atoms with Gasteiger partial charge in [-0.25, -0.2) is 15.0 Å². The standard InChI is InChI=1S/C11H15N3OS/c1-11(2,3)9(15)13-7-8-5-6-12-10(14-8)16-4/h5-7H,1-4H3. The third-order valence-electron chi connectivity index (χ3n) is 1.79. The molecule has 0 fully saturated rings. The van der Waals surface area contributed by atoms with E-state index in [2.05, 4.69) is 15.0 Å². The van der Waals surface area contributed by atoms with Crippen molar-refractivity contribution in [3.63, 3.8) is 0 Å². The first-order valence-corrected chi connectivity index (χ1v) is 6.11. The molecule has 0 aliphatic rings. The predicted molar refractivity (Wildman–Crippen MR) is 65.9 cm³/mol. The normalized spacial score (nSPS) is 12.0. The minimum Gasteiger partial charge on any atom is -0.272 e. The average Bonchev–Trinajstić information content (AvgIpc) is 2.25. The van der Waals surface area contributed by atoms with E-state index >= 15 is 0 Å². The van der Waals surface area contributed by atoms with Crippen LogP contribution < -0.4 is 0 Å². The van der Waals surface area contributed by atoms with Gasteiger partial charge < -0.3 is 0 Å². The highest BCUT2D eigenvalue weighted by Gasteiger charge is 2.19. The van der Waals surface area contributed by atoms with Gasteiger partial charge in [0.25, 0.3) is 5.91 Å². The summed E-state index contributed by atoms with van der Waals surface area (Å²) in [4.78, 5) is 23.7. The largest absolute Gasteiger partial charge is 0.272 e. The Morgan fingerprint density at radius 2 is 2.19 bits per heavy atom. The Labute approximate surface area is 99.6 Å². The summed E-state index contributed by atoms with van der Waals surface area (Å²) < 4.78 is 0. The molecule has 0 aliphatic carbocycles. The van der Waals surface area contributed by atoms with Crippen LogP contribution in [0.4, 0.5) is 0 Å². The maximum atomic E-state index is 11.5. The zero-order valence-electron chi connectivity index (χ0n) is 9.89. The monoisotopic (exact) mass is 237 g/mol. The summed E-state index contributed by atoms with van der Waals surface area (Å²) >= 11 is 1.45. The lowest BCUT2D eigenvalue weighted by molar-refractivity contribution is -0.124. The molecule has 0 atom stereocenters. The second-order valence-electron chi connectivity index (χ2n) is 4.28. The molecule has 0 N–H and O–H groups in total. The fraction of sp³-hybridized carbons (Fsp3) is 0.455. The van der Waals surface area contributed by atoms with E-state index in [-0.39, 0.29) is 5.91 Å². The number of aliphatic imine (C=N–C) groups is 1. The lowest BCUT2D eigenvalue weighted by atomic mass is 9.96. The van der Waals surface area contributed by atoms with Gasteiger partial charge in [-0.3, -0.25) is 4.79 Å². The Bertz CT molecular complexity index is 410. The minimum atomic E-state index is -0.453. The highest BCUT2D eigenvalue weighted by molar-refractivity contribution is 7.98. The Balaban J connectivity index is 2.80. The van der Waals surface area contributed by atoms with E-state index in [0.29, 0.717) is 10.9 Å². The van der Waals surface area contributed by atoms with Crippen molar-refractivity contribution in [3.05, 3.63) is 18.0 Å². The smallest absolute Gasteiger partial charge is 0.251 e. The molecule has 0 unspecified atom stereocenters. The molecule has 1 amide bonds. The molecule has 86 valence electrons. The lowest BCUT2D eigenvalue weighted by Gasteiger charge is -2.11. The van der Waals surface area contributed by atoms with Crippen molar-refractivity contribution in [2.75, 3.05) is 6.26 Å². The molecule has 5 heteroatoms. The van der Waals surface area contributed by atoms with E-state index in [4.69, 9.17) is 0 Å². The Morgan fingerprint density at radius 1 is 1.50 bits per heavy atom. The van der Waals surface area contributed by atoms with Gasteiger partial charge in [-0.2, -0.15) is 0 Å². The molecule has 1 aromatic heterocycles. The first kappa shape index (κ1) is 12.8. The second-order valence-corrected chi connectivity index (χ2v) is 5.05. The van der Waals surface area contributed by atoms with Crippen LogP contribution in [0.25, 0.3) is 0 Å². The topological polar surface area (TPSA) is 55.2 Å². The van der Waals surface area contributed by atoms with E-state index in [9.17, 15) is 4.79 Å². The third kappa shape index (κ3) is 3.73. The van der Waals surface area contributed by atoms with E-state index in [1.807, 2.05) is 27.0 Å². The summed E-state index contributed by atoms with van der Waals surface area (Å²) in [6.45, 7) is 5.50. The van der Waals surface area contributed by atoms with E-state index in [0.717, 1.165) is 0 Å². The molecule has 1 heterocycles. The Kier molecular flexibility index (Phi) is 4.18. The summed E-state index contributed by atoms with van der Waals surface area (Å²) in [5.74, 6) is -0.156. The van der Waals surface area contributed by atoms with Gasteiger partial charge in [0.2, 0.25) is 0 Å². The van der Waals surface area contributed by atoms with E-state index in [1.165, 1.54) is 18.0 Å². The van der Waals surface area contributed by atoms with Crippen LogP contribution in [-0.4, -0.2) is 28.3 Å². The van der Waals surface area contributed by atoms with Crippen LogP contribution in [0.5, 0.6) is 0 Å². The average molecular weight is 237 g/mol. The zero-order valence-corrected chi connectivity index (χ0v) is 10.7. The summed E-state index contributed by atoms with van der Waals surface area (Å²) in [7, 11) is 0. The molecule has 0 spiro atoms. The number of hydrogen-bond acceptors (Lipinski definition) is 4. The first-order valence-electron chi connectivity index (χ1n) is 4.89. The summed E-state index contributed by atoms with van der Waals surface area (Å²) in [5.41, 5.74) is 0.197. The molecular formula is C11H15N3OS. The van der Waals surface area contributed by atoms with Crippen molar-refractivity contribution in [2.24, 2.45) is 10.4 Å². The highest BCUT2D eigenvalue weighted by atomic mass is 32.2. The van der Waals surface area contributed by atoms with Crippen molar-refractivity contribution in [1.29, 1.82) is 0 Å². The van der Waals surface area contributed by atoms with Crippen molar-refractivity contribution in [1.82, 2.24) is 9.97 Å². The van der Waals surface area contributed by atoms with Crippen LogP contribution in [0.1, 0.15) is 26.5 Å². The summed E-state index contributed by atoms with van der Waals surface area (Å²) in [6, 6.07) is 1.72. The van der Waals surface area contributed by atoms with Crippen molar-refractivity contribution in [3.8, 4) is 0 Å². The van der Waals surface area contributed by atoms with Crippen LogP contribution in [0.2, 0.25) is 0 Å². The number of rotatable bonds is 2. The molecule has 0 bridgehead atoms. The van der Waals surface area contributed by atoms with Crippen LogP contribution in [0, 0.1) is 5.41 Å². The van der Waals surface area contributed by atoms with Gasteiger partial charge in [0, 0.05) is 11.6 Å². The van der Waals surface area contributed by atoms with Gasteiger partial charge in [0.15, 0.2) is 5.16 Å². The number of carbonyl (C=O) groups excluding carboxylic acids is 1. The fourth-order valence-electron chi connectivity index (χ4n) is 0.843. The van der Waals surface area contributed by atoms with Gasteiger partial charge in [-0.05, 0) is 12.3 Å². The van der Waals surface area contributed by atoms with Gasteiger partial charge in [-0.15, -0.1) is 0 Å². The van der Waals surface area contributed by atoms with Crippen LogP contribution in [-0.2, 0) is 4.79 Å². The number of hydrogen-bond donors (Lipinski definition) is 0. The third-order valence-corrected chi connectivity index (χ3v) is 2.36. The molecule has 16 heavy (non-hydrogen) atoms. The first-order chi connectivity index (χ1) is 7.43. The molecule has 0 aliphatic heterocycles. The number of amides is 1. The van der Waals surface area contributed by atoms with Gasteiger partial charge >= 0.3 is 0 Å². The number of thioether (sulfide) groups is 1. The molecule has 0 radical (unpaired) electrons. The molecule has 1 rings (SSSR count). The predicted octanol–water partition coefficient (Wildman–Crippen LogP) is 2.19. The van der Waals surface area contributed by atoms with E-state index in [1.54, 1.807) is 12.3 Å². The second kappa shape index (κ2) is 5.21. The summed E-state index contributed by atoms with van der Waals surface area (Å²) in [6.07, 6.45) is 5.04. The molecule has 1 aromatic rings. The molecular weight excluding hydrogens is 222 g/mol. The molecule has 0 aromatic carbocycles. The highest BCUT2D eigenvalue weighted by Crippen LogP contribution is 2.14. The van der Waals surface area contributed by atoms with Gasteiger partial charge in [0.1, 0.15) is 0 Å². The van der Waals surface area contributed by atoms with Gasteiger partial charge in [0.05, 0.1) is 11.9 Å². The van der Waals surface area contributed by atoms with Crippen LogP contribution in [0.15, 0.2) is 22.4 Å². The van der Waals surface area contributed by atoms with Crippen molar-refractivity contribution >= 4 is 23.9 Å². The number of carbonyl (C=O) groups is 1. The van der Waals surface area contributed by atoms with Crippen LogP contribution in [0.3, 0.4) is 0 Å². The Morgan fingerprint density at radius 3 is 2.75 bits per heavy atom. The summed E-state index contributed by atoms with van der Waals surface area (Å²) in [5, 5.41) is 0.673. The maximum Gasteiger partial charge on any atom is 0.251 e. The van der Waals surface area contributed by atoms with Gasteiger partial charge in [-0.1, -0.05) is 32.5 Å². The van der Waals surface area contributed by atoms with E-state index < -0.39 is 5.41 Å². The SMILES string of the molecule is CSc1nccc(C=NC(=O)C(C)(C)C)n1. The van der Waals surface area contributed by atoms with Crippen molar-refractivity contribution < 1.29 is 4.79 Å². The lowest BCUT2D eigenvalue weighted by Crippen LogP contribution is -2.17. The molecule has 0 saturated carbocycles. The number of nitrogens with zero attached hydrogens (tertiary/aromatic N) is 3.